The van der Waals surface area contributed by atoms with Crippen molar-refractivity contribution in [2.45, 2.75) is 13.3 Å². The number of Topliss-reactive ketones (excluding diaryl/α,β-unsaturated/α-hetero) is 1. The molecule has 0 radical (unpaired) electrons. The Hall–Kier alpha value is -2.43. The van der Waals surface area contributed by atoms with Gasteiger partial charge in [-0.25, -0.2) is 4.98 Å². The normalized spacial score (nSPS) is 11.1. The zero-order valence-electron chi connectivity index (χ0n) is 15.2. The third-order valence-corrected chi connectivity index (χ3v) is 4.50. The molecule has 5 heteroatoms. The van der Waals surface area contributed by atoms with Crippen molar-refractivity contribution in [1.82, 2.24) is 14.9 Å². The van der Waals surface area contributed by atoms with Gasteiger partial charge in [-0.3, -0.25) is 4.79 Å². The van der Waals surface area contributed by atoms with E-state index in [9.17, 15) is 4.79 Å². The van der Waals surface area contributed by atoms with Crippen LogP contribution in [0.4, 0.5) is 0 Å². The topological polar surface area (TPSA) is 49.0 Å². The molecule has 0 unspecified atom stereocenters. The highest BCUT2D eigenvalue weighted by atomic mass is 35.5. The number of H-pyrrole nitrogens is 1. The lowest BCUT2D eigenvalue weighted by Crippen LogP contribution is -2.14. The van der Waals surface area contributed by atoms with Gasteiger partial charge in [0.15, 0.2) is 5.78 Å². The van der Waals surface area contributed by atoms with Crippen molar-refractivity contribution < 1.29 is 4.79 Å². The quantitative estimate of drug-likeness (QED) is 0.642. The summed E-state index contributed by atoms with van der Waals surface area (Å²) in [6.07, 6.45) is 1.00. The number of hydrogen-bond acceptors (Lipinski definition) is 3. The molecule has 0 saturated carbocycles. The van der Waals surface area contributed by atoms with Gasteiger partial charge < -0.3 is 9.88 Å². The lowest BCUT2D eigenvalue weighted by atomic mass is 10.1. The molecule has 134 valence electrons. The summed E-state index contributed by atoms with van der Waals surface area (Å²) in [5.41, 5.74) is 4.27. The summed E-state index contributed by atoms with van der Waals surface area (Å²) >= 11 is 5.96. The second-order valence-electron chi connectivity index (χ2n) is 6.62. The van der Waals surface area contributed by atoms with E-state index in [1.807, 2.05) is 24.3 Å². The molecule has 0 saturated heterocycles. The minimum atomic E-state index is -0.0451. The van der Waals surface area contributed by atoms with Crippen molar-refractivity contribution in [3.8, 4) is 22.6 Å². The number of likely N-dealkylation sites (N-methyl/N-ethyl adjacent to an activating group) is 1. The van der Waals surface area contributed by atoms with Gasteiger partial charge >= 0.3 is 0 Å². The number of aromatic amines is 1. The van der Waals surface area contributed by atoms with Gasteiger partial charge in [0.25, 0.3) is 0 Å². The van der Waals surface area contributed by atoms with Crippen LogP contribution in [-0.2, 0) is 6.42 Å². The Morgan fingerprint density at radius 2 is 1.65 bits per heavy atom. The molecule has 0 bridgehead atoms. The fraction of sp³-hybridized carbons (Fsp3) is 0.238. The third kappa shape index (κ3) is 4.21. The number of imidazole rings is 1. The maximum Gasteiger partial charge on any atom is 0.178 e. The predicted octanol–water partition coefficient (Wildman–Crippen LogP) is 4.70. The van der Waals surface area contributed by atoms with Crippen molar-refractivity contribution in [1.29, 1.82) is 0 Å². The number of rotatable bonds is 6. The highest BCUT2D eigenvalue weighted by Crippen LogP contribution is 2.27. The smallest absolute Gasteiger partial charge is 0.178 e. The number of carbonyl (C=O) groups excluding carboxylic acids is 1. The Bertz CT molecular complexity index is 896. The molecule has 0 atom stereocenters. The van der Waals surface area contributed by atoms with Crippen LogP contribution in [0, 0.1) is 0 Å². The fourth-order valence-corrected chi connectivity index (χ4v) is 2.89. The number of ketones is 1. The number of aromatic nitrogens is 2. The molecule has 3 aromatic rings. The summed E-state index contributed by atoms with van der Waals surface area (Å²) in [5, 5.41) is 0.655. The van der Waals surface area contributed by atoms with Crippen molar-refractivity contribution in [3.05, 3.63) is 64.8 Å². The van der Waals surface area contributed by atoms with Gasteiger partial charge in [-0.05, 0) is 38.2 Å². The molecule has 0 aliphatic carbocycles. The van der Waals surface area contributed by atoms with E-state index < -0.39 is 0 Å². The van der Waals surface area contributed by atoms with E-state index in [1.54, 1.807) is 19.1 Å². The average Bonchev–Trinajstić information content (AvgIpc) is 3.06. The standard InChI is InChI=1S/C21H22ClN3O/c1-14(26)19-20(16-8-10-18(22)11-9-16)24-21(23-19)17-6-4-15(5-7-17)12-13-25(2)3/h4-11H,12-13H2,1-3H3,(H,23,24). The van der Waals surface area contributed by atoms with Gasteiger partial charge in [0.05, 0.1) is 5.69 Å². The molecule has 4 nitrogen and oxygen atoms in total. The molecule has 0 spiro atoms. The lowest BCUT2D eigenvalue weighted by molar-refractivity contribution is 0.101. The molecule has 26 heavy (non-hydrogen) atoms. The van der Waals surface area contributed by atoms with Gasteiger partial charge in [-0.1, -0.05) is 48.0 Å². The van der Waals surface area contributed by atoms with Crippen LogP contribution in [0.3, 0.4) is 0 Å². The summed E-state index contributed by atoms with van der Waals surface area (Å²) in [4.78, 5) is 22.1. The van der Waals surface area contributed by atoms with E-state index in [4.69, 9.17) is 11.6 Å². The van der Waals surface area contributed by atoms with E-state index in [2.05, 4.69) is 41.1 Å². The van der Waals surface area contributed by atoms with Crippen LogP contribution in [0.5, 0.6) is 0 Å². The first-order valence-corrected chi connectivity index (χ1v) is 8.93. The third-order valence-electron chi connectivity index (χ3n) is 4.25. The molecule has 0 aliphatic rings. The fourth-order valence-electron chi connectivity index (χ4n) is 2.76. The number of hydrogen-bond donors (Lipinski definition) is 1. The Labute approximate surface area is 158 Å². The minimum absolute atomic E-state index is 0.0451. The Balaban J connectivity index is 1.92. The zero-order chi connectivity index (χ0) is 18.7. The van der Waals surface area contributed by atoms with Gasteiger partial charge in [0, 0.05) is 29.6 Å². The first-order valence-electron chi connectivity index (χ1n) is 8.55. The van der Waals surface area contributed by atoms with Crippen LogP contribution in [0.25, 0.3) is 22.6 Å². The molecule has 0 aliphatic heterocycles. The second-order valence-corrected chi connectivity index (χ2v) is 7.06. The largest absolute Gasteiger partial charge is 0.335 e. The summed E-state index contributed by atoms with van der Waals surface area (Å²) in [6.45, 7) is 2.55. The predicted molar refractivity (Wildman–Crippen MR) is 107 cm³/mol. The van der Waals surface area contributed by atoms with Gasteiger partial charge in [0.1, 0.15) is 11.5 Å². The Morgan fingerprint density at radius 1 is 1.04 bits per heavy atom. The molecular formula is C21H22ClN3O. The highest BCUT2D eigenvalue weighted by molar-refractivity contribution is 6.30. The monoisotopic (exact) mass is 367 g/mol. The minimum Gasteiger partial charge on any atom is -0.335 e. The summed E-state index contributed by atoms with van der Waals surface area (Å²) in [5.74, 6) is 0.649. The van der Waals surface area contributed by atoms with Gasteiger partial charge in [0.2, 0.25) is 0 Å². The first-order chi connectivity index (χ1) is 12.4. The lowest BCUT2D eigenvalue weighted by Gasteiger charge is -2.09. The molecule has 0 amide bonds. The summed E-state index contributed by atoms with van der Waals surface area (Å²) in [6, 6.07) is 15.6. The van der Waals surface area contributed by atoms with Crippen LogP contribution in [0.15, 0.2) is 48.5 Å². The van der Waals surface area contributed by atoms with E-state index in [-0.39, 0.29) is 5.78 Å². The number of nitrogens with one attached hydrogen (secondary N) is 1. The molecular weight excluding hydrogens is 346 g/mol. The number of nitrogens with zero attached hydrogens (tertiary/aromatic N) is 2. The van der Waals surface area contributed by atoms with Crippen molar-refractivity contribution in [3.63, 3.8) is 0 Å². The molecule has 3 rings (SSSR count). The van der Waals surface area contributed by atoms with Gasteiger partial charge in [-0.2, -0.15) is 0 Å². The molecule has 1 aromatic heterocycles. The highest BCUT2D eigenvalue weighted by Gasteiger charge is 2.16. The molecule has 2 aromatic carbocycles. The zero-order valence-corrected chi connectivity index (χ0v) is 16.0. The van der Waals surface area contributed by atoms with Crippen molar-refractivity contribution in [2.75, 3.05) is 20.6 Å². The second kappa shape index (κ2) is 7.85. The average molecular weight is 368 g/mol. The van der Waals surface area contributed by atoms with E-state index in [1.165, 1.54) is 5.56 Å². The number of halogens is 1. The molecule has 1 heterocycles. The van der Waals surface area contributed by atoms with E-state index >= 15 is 0 Å². The Morgan fingerprint density at radius 3 is 2.23 bits per heavy atom. The van der Waals surface area contributed by atoms with Crippen LogP contribution in [0.2, 0.25) is 5.02 Å². The maximum absolute atomic E-state index is 12.1. The summed E-state index contributed by atoms with van der Waals surface area (Å²) in [7, 11) is 4.14. The number of benzene rings is 2. The van der Waals surface area contributed by atoms with E-state index in [0.717, 1.165) is 24.1 Å². The van der Waals surface area contributed by atoms with Crippen LogP contribution in [0.1, 0.15) is 23.0 Å². The number of carbonyl (C=O) groups is 1. The molecule has 0 fully saturated rings. The van der Waals surface area contributed by atoms with Gasteiger partial charge in [-0.15, -0.1) is 0 Å². The SMILES string of the molecule is CC(=O)c1[nH]c(-c2ccc(CCN(C)C)cc2)nc1-c1ccc(Cl)cc1. The van der Waals surface area contributed by atoms with Crippen LogP contribution < -0.4 is 0 Å². The van der Waals surface area contributed by atoms with E-state index in [0.29, 0.717) is 22.2 Å². The van der Waals surface area contributed by atoms with Crippen molar-refractivity contribution >= 4 is 17.4 Å². The molecule has 1 N–H and O–H groups in total. The van der Waals surface area contributed by atoms with Crippen LogP contribution in [-0.4, -0.2) is 41.3 Å². The maximum atomic E-state index is 12.1. The summed E-state index contributed by atoms with van der Waals surface area (Å²) < 4.78 is 0. The van der Waals surface area contributed by atoms with Crippen LogP contribution >= 0.6 is 11.6 Å². The van der Waals surface area contributed by atoms with Crippen molar-refractivity contribution in [2.24, 2.45) is 0 Å². The first kappa shape index (κ1) is 18.4. The Kier molecular flexibility index (Phi) is 5.55.